The third kappa shape index (κ3) is 10.8. The molecule has 37 heavy (non-hydrogen) atoms. The lowest BCUT2D eigenvalue weighted by Crippen LogP contribution is -2.24. The molecule has 0 aliphatic carbocycles. The number of para-hydroxylation sites is 1. The van der Waals surface area contributed by atoms with Gasteiger partial charge in [0.2, 0.25) is 0 Å². The normalized spacial score (nSPS) is 11.7. The molecule has 3 rings (SSSR count). The molecule has 1 radical (unpaired) electrons. The standard InChI is InChI=1S/C34H44NO2/c1-3-4-5-6-7-8-9-10-11-15-26-35-34(36)31-20-18-29(19-21-31)27-28(2)30-22-24-33(25-23-30)37-32-16-13-12-14-17-32/h12-14,16-25,28H,2-11,15,26-27H2,1H3,(H,35,36). The molecule has 0 fully saturated rings. The van der Waals surface area contributed by atoms with Gasteiger partial charge in [-0.3, -0.25) is 4.79 Å². The van der Waals surface area contributed by atoms with Crippen molar-refractivity contribution < 1.29 is 9.53 Å². The Labute approximate surface area is 224 Å². The van der Waals surface area contributed by atoms with Crippen molar-refractivity contribution in [2.75, 3.05) is 6.54 Å². The Hall–Kier alpha value is -3.07. The number of unbranched alkanes of at least 4 members (excludes halogenated alkanes) is 9. The first kappa shape index (κ1) is 28.5. The second kappa shape index (κ2) is 16.6. The molecule has 1 atom stereocenters. The van der Waals surface area contributed by atoms with Crippen molar-refractivity contribution in [3.05, 3.63) is 102 Å². The Bertz CT molecular complexity index is 1010. The molecule has 0 spiro atoms. The third-order valence-corrected chi connectivity index (χ3v) is 6.84. The highest BCUT2D eigenvalue weighted by atomic mass is 16.5. The van der Waals surface area contributed by atoms with Gasteiger partial charge < -0.3 is 10.1 Å². The first-order chi connectivity index (χ1) is 18.2. The van der Waals surface area contributed by atoms with E-state index in [0.29, 0.717) is 0 Å². The monoisotopic (exact) mass is 498 g/mol. The van der Waals surface area contributed by atoms with Crippen molar-refractivity contribution in [3.8, 4) is 11.5 Å². The van der Waals surface area contributed by atoms with Gasteiger partial charge in [0, 0.05) is 12.1 Å². The topological polar surface area (TPSA) is 38.3 Å². The van der Waals surface area contributed by atoms with Crippen molar-refractivity contribution in [1.82, 2.24) is 5.32 Å². The molecule has 0 saturated heterocycles. The number of nitrogens with one attached hydrogen (secondary N) is 1. The summed E-state index contributed by atoms with van der Waals surface area (Å²) >= 11 is 0. The molecular weight excluding hydrogens is 454 g/mol. The predicted molar refractivity (Wildman–Crippen MR) is 155 cm³/mol. The number of carbonyl (C=O) groups excluding carboxylic acids is 1. The number of ether oxygens (including phenoxy) is 1. The van der Waals surface area contributed by atoms with E-state index in [4.69, 9.17) is 4.74 Å². The summed E-state index contributed by atoms with van der Waals surface area (Å²) < 4.78 is 5.88. The highest BCUT2D eigenvalue weighted by molar-refractivity contribution is 5.94. The van der Waals surface area contributed by atoms with Gasteiger partial charge in [-0.15, -0.1) is 0 Å². The van der Waals surface area contributed by atoms with Crippen LogP contribution in [0.1, 0.15) is 98.5 Å². The fourth-order valence-corrected chi connectivity index (χ4v) is 4.54. The van der Waals surface area contributed by atoms with E-state index in [0.717, 1.165) is 36.4 Å². The van der Waals surface area contributed by atoms with Gasteiger partial charge in [-0.05, 0) is 73.2 Å². The van der Waals surface area contributed by atoms with Gasteiger partial charge in [-0.2, -0.15) is 0 Å². The lowest BCUT2D eigenvalue weighted by molar-refractivity contribution is 0.0953. The van der Waals surface area contributed by atoms with Gasteiger partial charge in [-0.1, -0.05) is 107 Å². The van der Waals surface area contributed by atoms with E-state index >= 15 is 0 Å². The van der Waals surface area contributed by atoms with Crippen molar-refractivity contribution in [2.45, 2.75) is 83.5 Å². The minimum Gasteiger partial charge on any atom is -0.457 e. The maximum atomic E-state index is 12.5. The van der Waals surface area contributed by atoms with Crippen LogP contribution in [0.15, 0.2) is 78.9 Å². The Kier molecular flexibility index (Phi) is 12.8. The average molecular weight is 499 g/mol. The zero-order valence-electron chi connectivity index (χ0n) is 22.6. The van der Waals surface area contributed by atoms with Crippen LogP contribution in [0.2, 0.25) is 0 Å². The van der Waals surface area contributed by atoms with Gasteiger partial charge in [0.1, 0.15) is 11.5 Å². The minimum atomic E-state index is 0.0163. The fourth-order valence-electron chi connectivity index (χ4n) is 4.54. The van der Waals surface area contributed by atoms with Crippen LogP contribution in [-0.4, -0.2) is 12.5 Å². The number of carbonyl (C=O) groups is 1. The highest BCUT2D eigenvalue weighted by Gasteiger charge is 2.10. The van der Waals surface area contributed by atoms with Crippen LogP contribution < -0.4 is 10.1 Å². The molecule has 3 heteroatoms. The van der Waals surface area contributed by atoms with E-state index in [2.05, 4.69) is 31.3 Å². The van der Waals surface area contributed by atoms with Crippen molar-refractivity contribution in [3.63, 3.8) is 0 Å². The molecule has 0 aromatic heterocycles. The molecule has 1 amide bonds. The number of hydrogen-bond donors (Lipinski definition) is 1. The maximum Gasteiger partial charge on any atom is 0.251 e. The van der Waals surface area contributed by atoms with E-state index in [9.17, 15) is 4.79 Å². The molecular formula is C34H44NO2. The summed E-state index contributed by atoms with van der Waals surface area (Å²) in [7, 11) is 0. The van der Waals surface area contributed by atoms with Crippen molar-refractivity contribution in [1.29, 1.82) is 0 Å². The summed E-state index contributed by atoms with van der Waals surface area (Å²) in [4.78, 5) is 12.5. The second-order valence-corrected chi connectivity index (χ2v) is 10.0. The van der Waals surface area contributed by atoms with Crippen LogP contribution in [0.3, 0.4) is 0 Å². The molecule has 0 aliphatic rings. The summed E-state index contributed by atoms with van der Waals surface area (Å²) in [6, 6.07) is 25.8. The molecule has 3 nitrogen and oxygen atoms in total. The lowest BCUT2D eigenvalue weighted by Gasteiger charge is -2.13. The molecule has 3 aromatic rings. The number of benzene rings is 3. The van der Waals surface area contributed by atoms with E-state index in [1.54, 1.807) is 0 Å². The summed E-state index contributed by atoms with van der Waals surface area (Å²) in [6.45, 7) is 7.36. The van der Waals surface area contributed by atoms with Crippen LogP contribution in [0.25, 0.3) is 0 Å². The summed E-state index contributed by atoms with van der Waals surface area (Å²) in [6.07, 6.45) is 13.8. The number of hydrogen-bond acceptors (Lipinski definition) is 2. The molecule has 1 unspecified atom stereocenters. The predicted octanol–water partition coefficient (Wildman–Crippen LogP) is 9.29. The lowest BCUT2D eigenvalue weighted by atomic mass is 9.93. The van der Waals surface area contributed by atoms with Crippen LogP contribution >= 0.6 is 0 Å². The SMILES string of the molecule is [CH2]C(Cc1ccc(C(=O)NCCCCCCCCCCCC)cc1)c1ccc(Oc2ccccc2)cc1. The van der Waals surface area contributed by atoms with Crippen LogP contribution in [0.5, 0.6) is 11.5 Å². The molecule has 0 saturated carbocycles. The number of amides is 1. The Morgan fingerprint density at radius 1 is 0.730 bits per heavy atom. The summed E-state index contributed by atoms with van der Waals surface area (Å²) in [5.41, 5.74) is 3.06. The smallest absolute Gasteiger partial charge is 0.251 e. The molecule has 0 bridgehead atoms. The van der Waals surface area contributed by atoms with Crippen molar-refractivity contribution in [2.24, 2.45) is 0 Å². The quantitative estimate of drug-likeness (QED) is 0.188. The third-order valence-electron chi connectivity index (χ3n) is 6.84. The molecule has 1 N–H and O–H groups in total. The Morgan fingerprint density at radius 3 is 1.92 bits per heavy atom. The molecule has 0 aliphatic heterocycles. The first-order valence-electron chi connectivity index (χ1n) is 14.2. The van der Waals surface area contributed by atoms with Crippen LogP contribution in [0, 0.1) is 6.92 Å². The Balaban J connectivity index is 1.32. The zero-order valence-corrected chi connectivity index (χ0v) is 22.6. The largest absolute Gasteiger partial charge is 0.457 e. The van der Waals surface area contributed by atoms with Gasteiger partial charge >= 0.3 is 0 Å². The highest BCUT2D eigenvalue weighted by Crippen LogP contribution is 2.25. The van der Waals surface area contributed by atoms with Crippen LogP contribution in [-0.2, 0) is 6.42 Å². The van der Waals surface area contributed by atoms with Crippen molar-refractivity contribution >= 4 is 5.91 Å². The number of rotatable bonds is 17. The summed E-state index contributed by atoms with van der Waals surface area (Å²) in [5, 5.41) is 3.07. The molecule has 3 aromatic carbocycles. The van der Waals surface area contributed by atoms with E-state index in [1.807, 2.05) is 66.7 Å². The second-order valence-electron chi connectivity index (χ2n) is 10.0. The van der Waals surface area contributed by atoms with Gasteiger partial charge in [0.25, 0.3) is 5.91 Å². The zero-order chi connectivity index (χ0) is 26.1. The Morgan fingerprint density at radius 2 is 1.30 bits per heavy atom. The molecule has 0 heterocycles. The maximum absolute atomic E-state index is 12.5. The van der Waals surface area contributed by atoms with Gasteiger partial charge in [0.05, 0.1) is 0 Å². The van der Waals surface area contributed by atoms with E-state index < -0.39 is 0 Å². The van der Waals surface area contributed by atoms with E-state index in [1.165, 1.54) is 68.9 Å². The van der Waals surface area contributed by atoms with E-state index in [-0.39, 0.29) is 11.8 Å². The minimum absolute atomic E-state index is 0.0163. The van der Waals surface area contributed by atoms with Crippen LogP contribution in [0.4, 0.5) is 0 Å². The summed E-state index contributed by atoms with van der Waals surface area (Å²) in [5.74, 6) is 1.79. The first-order valence-corrected chi connectivity index (χ1v) is 14.2. The average Bonchev–Trinajstić information content (AvgIpc) is 2.93. The van der Waals surface area contributed by atoms with Gasteiger partial charge in [0.15, 0.2) is 0 Å². The van der Waals surface area contributed by atoms with Gasteiger partial charge in [-0.25, -0.2) is 0 Å². The molecule has 197 valence electrons. The fraction of sp³-hybridized carbons (Fsp3) is 0.412.